The fraction of sp³-hybridized carbons (Fsp3) is 0.533. The molecular formula is C15H21N3O3. The molecule has 1 aliphatic rings. The van der Waals surface area contributed by atoms with Crippen molar-refractivity contribution < 1.29 is 14.7 Å². The lowest BCUT2D eigenvalue weighted by Gasteiger charge is -2.30. The van der Waals surface area contributed by atoms with Crippen molar-refractivity contribution in [2.75, 3.05) is 5.32 Å². The van der Waals surface area contributed by atoms with E-state index in [2.05, 4.69) is 10.3 Å². The molecule has 0 spiro atoms. The van der Waals surface area contributed by atoms with E-state index < -0.39 is 17.4 Å². The number of rotatable bonds is 5. The molecular weight excluding hydrogens is 270 g/mol. The first-order valence-corrected chi connectivity index (χ1v) is 7.11. The molecule has 114 valence electrons. The largest absolute Gasteiger partial charge is 0.481 e. The van der Waals surface area contributed by atoms with Gasteiger partial charge in [0, 0.05) is 11.2 Å². The Morgan fingerprint density at radius 1 is 1.38 bits per heavy atom. The van der Waals surface area contributed by atoms with Crippen LogP contribution in [0.1, 0.15) is 53.7 Å². The third-order valence-corrected chi connectivity index (χ3v) is 4.02. The predicted molar refractivity (Wildman–Crippen MR) is 79.3 cm³/mol. The molecule has 1 saturated carbocycles. The van der Waals surface area contributed by atoms with Gasteiger partial charge in [-0.2, -0.15) is 0 Å². The molecule has 1 aliphatic carbocycles. The first-order chi connectivity index (χ1) is 9.83. The van der Waals surface area contributed by atoms with Crippen molar-refractivity contribution in [3.8, 4) is 0 Å². The van der Waals surface area contributed by atoms with Crippen molar-refractivity contribution in [2.24, 2.45) is 5.73 Å². The van der Waals surface area contributed by atoms with Gasteiger partial charge in [0.2, 0.25) is 0 Å². The zero-order valence-corrected chi connectivity index (χ0v) is 12.4. The van der Waals surface area contributed by atoms with Crippen LogP contribution < -0.4 is 11.1 Å². The summed E-state index contributed by atoms with van der Waals surface area (Å²) in [6.45, 7) is 3.64. The quantitative estimate of drug-likeness (QED) is 0.769. The van der Waals surface area contributed by atoms with Gasteiger partial charge in [0.25, 0.3) is 5.91 Å². The molecule has 6 nitrogen and oxygen atoms in total. The van der Waals surface area contributed by atoms with E-state index in [9.17, 15) is 9.59 Å². The number of aromatic nitrogens is 1. The van der Waals surface area contributed by atoms with Crippen LogP contribution in [0.25, 0.3) is 0 Å². The molecule has 1 amide bonds. The second kappa shape index (κ2) is 5.71. The summed E-state index contributed by atoms with van der Waals surface area (Å²) in [6.07, 6.45) is 3.46. The molecule has 0 atom stereocenters. The monoisotopic (exact) mass is 291 g/mol. The number of pyridine rings is 1. The van der Waals surface area contributed by atoms with Gasteiger partial charge in [-0.05, 0) is 38.3 Å². The predicted octanol–water partition coefficient (Wildman–Crippen LogP) is 2.00. The van der Waals surface area contributed by atoms with Crippen molar-refractivity contribution in [2.45, 2.75) is 51.5 Å². The Bertz CT molecular complexity index is 578. The van der Waals surface area contributed by atoms with Gasteiger partial charge in [-0.1, -0.05) is 12.8 Å². The molecule has 4 N–H and O–H groups in total. The molecule has 1 aromatic rings. The fourth-order valence-electron chi connectivity index (χ4n) is 3.18. The number of hydrogen-bond acceptors (Lipinski definition) is 4. The van der Waals surface area contributed by atoms with Crippen LogP contribution in [-0.4, -0.2) is 27.5 Å². The van der Waals surface area contributed by atoms with Gasteiger partial charge in [-0.25, -0.2) is 4.98 Å². The van der Waals surface area contributed by atoms with Crippen LogP contribution in [0, 0.1) is 13.8 Å². The Labute approximate surface area is 123 Å². The molecule has 0 unspecified atom stereocenters. The Morgan fingerprint density at radius 2 is 2.00 bits per heavy atom. The Balaban J connectivity index is 2.41. The van der Waals surface area contributed by atoms with Crippen LogP contribution in [0.15, 0.2) is 6.07 Å². The number of aliphatic carboxylic acids is 1. The third kappa shape index (κ3) is 3.32. The molecule has 0 saturated heterocycles. The number of aryl methyl sites for hydroxylation is 2. The van der Waals surface area contributed by atoms with Crippen LogP contribution in [0.3, 0.4) is 0 Å². The third-order valence-electron chi connectivity index (χ3n) is 4.02. The van der Waals surface area contributed by atoms with Crippen LogP contribution >= 0.6 is 0 Å². The molecule has 21 heavy (non-hydrogen) atoms. The maximum absolute atomic E-state index is 11.7. The number of nitrogens with one attached hydrogen (secondary N) is 1. The number of carboxylic acids is 1. The van der Waals surface area contributed by atoms with E-state index >= 15 is 0 Å². The number of carbonyl (C=O) groups excluding carboxylic acids is 1. The molecule has 1 heterocycles. The fourth-order valence-corrected chi connectivity index (χ4v) is 3.18. The van der Waals surface area contributed by atoms with Crippen molar-refractivity contribution in [1.29, 1.82) is 0 Å². The zero-order valence-electron chi connectivity index (χ0n) is 12.4. The van der Waals surface area contributed by atoms with Gasteiger partial charge in [0.15, 0.2) is 0 Å². The average molecular weight is 291 g/mol. The molecule has 1 fully saturated rings. The first-order valence-electron chi connectivity index (χ1n) is 7.11. The number of anilines is 1. The van der Waals surface area contributed by atoms with Crippen molar-refractivity contribution in [3.63, 3.8) is 0 Å². The Hall–Kier alpha value is -2.11. The first kappa shape index (κ1) is 15.3. The summed E-state index contributed by atoms with van der Waals surface area (Å²) in [7, 11) is 0. The number of hydrogen-bond donors (Lipinski definition) is 3. The van der Waals surface area contributed by atoms with Crippen molar-refractivity contribution in [1.82, 2.24) is 4.98 Å². The van der Waals surface area contributed by atoms with E-state index in [1.807, 2.05) is 6.92 Å². The molecule has 0 aliphatic heterocycles. The minimum absolute atomic E-state index is 0.0138. The van der Waals surface area contributed by atoms with Gasteiger partial charge in [-0.15, -0.1) is 0 Å². The van der Waals surface area contributed by atoms with E-state index in [0.29, 0.717) is 11.4 Å². The molecule has 0 bridgehead atoms. The van der Waals surface area contributed by atoms with Gasteiger partial charge < -0.3 is 16.2 Å². The molecule has 6 heteroatoms. The average Bonchev–Trinajstić information content (AvgIpc) is 2.74. The van der Waals surface area contributed by atoms with Gasteiger partial charge in [0.05, 0.1) is 12.0 Å². The standard InChI is InChI=1S/C15H21N3O3/c1-9-7-10(2)17-14(12(9)13(16)21)18-15(8-11(19)20)5-3-4-6-15/h7H,3-6,8H2,1-2H3,(H2,16,21)(H,17,18)(H,19,20). The molecule has 0 radical (unpaired) electrons. The van der Waals surface area contributed by atoms with Crippen LogP contribution in [0.5, 0.6) is 0 Å². The van der Waals surface area contributed by atoms with Gasteiger partial charge >= 0.3 is 5.97 Å². The second-order valence-corrected chi connectivity index (χ2v) is 5.85. The summed E-state index contributed by atoms with van der Waals surface area (Å²) in [5.41, 5.74) is 6.77. The summed E-state index contributed by atoms with van der Waals surface area (Å²) in [5.74, 6) is -0.997. The molecule has 0 aromatic carbocycles. The lowest BCUT2D eigenvalue weighted by Crippen LogP contribution is -2.39. The van der Waals surface area contributed by atoms with E-state index in [-0.39, 0.29) is 6.42 Å². The lowest BCUT2D eigenvalue weighted by atomic mass is 9.92. The van der Waals surface area contributed by atoms with Crippen molar-refractivity contribution >= 4 is 17.7 Å². The SMILES string of the molecule is Cc1cc(C)c(C(N)=O)c(NC2(CC(=O)O)CCCC2)n1. The maximum atomic E-state index is 11.7. The van der Waals surface area contributed by atoms with E-state index in [1.165, 1.54) is 0 Å². The van der Waals surface area contributed by atoms with Crippen molar-refractivity contribution in [3.05, 3.63) is 22.9 Å². The topological polar surface area (TPSA) is 105 Å². The maximum Gasteiger partial charge on any atom is 0.305 e. The number of nitrogens with two attached hydrogens (primary N) is 1. The highest BCUT2D eigenvalue weighted by Crippen LogP contribution is 2.36. The highest BCUT2D eigenvalue weighted by molar-refractivity contribution is 5.99. The van der Waals surface area contributed by atoms with E-state index in [4.69, 9.17) is 10.8 Å². The minimum Gasteiger partial charge on any atom is -0.481 e. The second-order valence-electron chi connectivity index (χ2n) is 5.85. The zero-order chi connectivity index (χ0) is 15.6. The highest BCUT2D eigenvalue weighted by atomic mass is 16.4. The molecule has 2 rings (SSSR count). The Morgan fingerprint density at radius 3 is 2.52 bits per heavy atom. The molecule has 1 aromatic heterocycles. The van der Waals surface area contributed by atoms with Crippen LogP contribution in [0.4, 0.5) is 5.82 Å². The van der Waals surface area contributed by atoms with Crippen LogP contribution in [-0.2, 0) is 4.79 Å². The number of carbonyl (C=O) groups is 2. The number of amides is 1. The lowest BCUT2D eigenvalue weighted by molar-refractivity contribution is -0.138. The van der Waals surface area contributed by atoms with Crippen LogP contribution in [0.2, 0.25) is 0 Å². The van der Waals surface area contributed by atoms with Gasteiger partial charge in [-0.3, -0.25) is 9.59 Å². The van der Waals surface area contributed by atoms with E-state index in [0.717, 1.165) is 36.9 Å². The summed E-state index contributed by atoms with van der Waals surface area (Å²) in [6, 6.07) is 1.80. The smallest absolute Gasteiger partial charge is 0.305 e. The summed E-state index contributed by atoms with van der Waals surface area (Å²) in [4.78, 5) is 27.2. The summed E-state index contributed by atoms with van der Waals surface area (Å²) >= 11 is 0. The van der Waals surface area contributed by atoms with Gasteiger partial charge in [0.1, 0.15) is 5.82 Å². The normalized spacial score (nSPS) is 16.7. The minimum atomic E-state index is -0.852. The number of carboxylic acid groups (broad SMARTS) is 1. The Kier molecular flexibility index (Phi) is 4.16. The summed E-state index contributed by atoms with van der Waals surface area (Å²) < 4.78 is 0. The number of nitrogens with zero attached hydrogens (tertiary/aromatic N) is 1. The van der Waals surface area contributed by atoms with E-state index in [1.54, 1.807) is 13.0 Å². The summed E-state index contributed by atoms with van der Waals surface area (Å²) in [5, 5.41) is 12.4. The number of primary amides is 1. The highest BCUT2D eigenvalue weighted by Gasteiger charge is 2.37.